The van der Waals surface area contributed by atoms with E-state index in [1.807, 2.05) is 24.3 Å². The number of aromatic nitrogens is 2. The van der Waals surface area contributed by atoms with Gasteiger partial charge in [-0.05, 0) is 37.8 Å². The Morgan fingerprint density at radius 1 is 1.04 bits per heavy atom. The van der Waals surface area contributed by atoms with Crippen LogP contribution in [-0.2, 0) is 10.0 Å². The Balaban J connectivity index is 1.42. The molecule has 4 rings (SSSR count). The van der Waals surface area contributed by atoms with Crippen molar-refractivity contribution in [3.05, 3.63) is 30.5 Å². The second kappa shape index (κ2) is 5.72. The Bertz CT molecular complexity index is 812. The molecule has 1 aromatic heterocycles. The first-order chi connectivity index (χ1) is 11.1. The van der Waals surface area contributed by atoms with Crippen LogP contribution in [0.4, 0.5) is 5.82 Å². The molecular formula is C16H20N4O2S. The summed E-state index contributed by atoms with van der Waals surface area (Å²) < 4.78 is 26.9. The zero-order valence-electron chi connectivity index (χ0n) is 12.9. The second-order valence-electron chi connectivity index (χ2n) is 6.34. The number of piperidine rings is 1. The Morgan fingerprint density at radius 2 is 1.74 bits per heavy atom. The maximum Gasteiger partial charge on any atom is 0.214 e. The van der Waals surface area contributed by atoms with E-state index < -0.39 is 10.0 Å². The molecule has 122 valence electrons. The molecule has 0 bridgehead atoms. The number of rotatable bonds is 4. The summed E-state index contributed by atoms with van der Waals surface area (Å²) in [7, 11) is -3.09. The van der Waals surface area contributed by atoms with Crippen LogP contribution in [0, 0.1) is 0 Å². The van der Waals surface area contributed by atoms with Crippen LogP contribution in [0.15, 0.2) is 30.5 Å². The summed E-state index contributed by atoms with van der Waals surface area (Å²) >= 11 is 0. The topological polar surface area (TPSA) is 75.2 Å². The third kappa shape index (κ3) is 3.16. The number of nitrogens with zero attached hydrogens (tertiary/aromatic N) is 3. The van der Waals surface area contributed by atoms with Crippen LogP contribution in [-0.4, -0.2) is 42.8 Å². The highest BCUT2D eigenvalue weighted by Gasteiger charge is 2.37. The van der Waals surface area contributed by atoms with Crippen LogP contribution in [0.5, 0.6) is 0 Å². The molecule has 0 spiro atoms. The van der Waals surface area contributed by atoms with Gasteiger partial charge in [0.25, 0.3) is 0 Å². The van der Waals surface area contributed by atoms with Gasteiger partial charge < -0.3 is 4.90 Å². The average Bonchev–Trinajstić information content (AvgIpc) is 3.40. The van der Waals surface area contributed by atoms with Gasteiger partial charge in [-0.25, -0.2) is 18.1 Å². The van der Waals surface area contributed by atoms with Crippen molar-refractivity contribution in [2.45, 2.75) is 37.0 Å². The smallest absolute Gasteiger partial charge is 0.214 e. The highest BCUT2D eigenvalue weighted by Crippen LogP contribution is 2.28. The Hall–Kier alpha value is -1.73. The maximum absolute atomic E-state index is 12.0. The van der Waals surface area contributed by atoms with E-state index in [4.69, 9.17) is 0 Å². The van der Waals surface area contributed by atoms with E-state index >= 15 is 0 Å². The van der Waals surface area contributed by atoms with Crippen molar-refractivity contribution >= 4 is 26.9 Å². The minimum absolute atomic E-state index is 0.0465. The molecule has 2 fully saturated rings. The van der Waals surface area contributed by atoms with Gasteiger partial charge in [0.05, 0.1) is 22.5 Å². The maximum atomic E-state index is 12.0. The van der Waals surface area contributed by atoms with E-state index in [0.717, 1.165) is 55.6 Å². The molecule has 0 amide bonds. The van der Waals surface area contributed by atoms with Gasteiger partial charge in [-0.1, -0.05) is 12.1 Å². The van der Waals surface area contributed by atoms with Gasteiger partial charge in [0.1, 0.15) is 5.82 Å². The molecule has 6 nitrogen and oxygen atoms in total. The van der Waals surface area contributed by atoms with Gasteiger partial charge >= 0.3 is 0 Å². The first kappa shape index (κ1) is 14.8. The largest absolute Gasteiger partial charge is 0.355 e. The van der Waals surface area contributed by atoms with Crippen molar-refractivity contribution in [2.75, 3.05) is 18.0 Å². The molecule has 7 heteroatoms. The fraction of sp³-hybridized carbons (Fsp3) is 0.500. The van der Waals surface area contributed by atoms with Gasteiger partial charge in [0.15, 0.2) is 0 Å². The van der Waals surface area contributed by atoms with Crippen molar-refractivity contribution < 1.29 is 8.42 Å². The Morgan fingerprint density at radius 3 is 2.43 bits per heavy atom. The fourth-order valence-corrected chi connectivity index (χ4v) is 4.68. The second-order valence-corrected chi connectivity index (χ2v) is 8.33. The summed E-state index contributed by atoms with van der Waals surface area (Å²) in [5.41, 5.74) is 1.78. The van der Waals surface area contributed by atoms with E-state index in [-0.39, 0.29) is 11.3 Å². The number of benzene rings is 1. The highest BCUT2D eigenvalue weighted by molar-refractivity contribution is 7.90. The summed E-state index contributed by atoms with van der Waals surface area (Å²) in [6, 6.07) is 7.87. The van der Waals surface area contributed by atoms with Crippen LogP contribution >= 0.6 is 0 Å². The molecule has 1 aromatic carbocycles. The number of hydrogen-bond acceptors (Lipinski definition) is 5. The molecule has 1 aliphatic heterocycles. The standard InChI is InChI=1S/C16H20N4O2S/c21-23(22,13-5-6-13)19-12-7-9-20(10-8-12)16-11-17-14-3-1-2-4-15(14)18-16/h1-4,11-13,19H,5-10H2. The van der Waals surface area contributed by atoms with Crippen LogP contribution < -0.4 is 9.62 Å². The summed E-state index contributed by atoms with van der Waals surface area (Å²) in [4.78, 5) is 11.3. The number of fused-ring (bicyclic) bond motifs is 1. The third-order valence-corrected chi connectivity index (χ3v) is 6.56. The molecule has 1 aliphatic carbocycles. The van der Waals surface area contributed by atoms with Gasteiger partial charge in [-0.15, -0.1) is 0 Å². The minimum atomic E-state index is -3.09. The summed E-state index contributed by atoms with van der Waals surface area (Å²) in [6.07, 6.45) is 5.03. The zero-order chi connectivity index (χ0) is 15.9. The predicted molar refractivity (Wildman–Crippen MR) is 89.9 cm³/mol. The van der Waals surface area contributed by atoms with E-state index in [1.165, 1.54) is 0 Å². The first-order valence-electron chi connectivity index (χ1n) is 8.10. The molecule has 0 unspecified atom stereocenters. The lowest BCUT2D eigenvalue weighted by atomic mass is 10.1. The molecule has 1 N–H and O–H groups in total. The Labute approximate surface area is 136 Å². The summed E-state index contributed by atoms with van der Waals surface area (Å²) in [5.74, 6) is 0.868. The van der Waals surface area contributed by atoms with Crippen LogP contribution in [0.3, 0.4) is 0 Å². The van der Waals surface area contributed by atoms with Crippen LogP contribution in [0.25, 0.3) is 11.0 Å². The summed E-state index contributed by atoms with van der Waals surface area (Å²) in [6.45, 7) is 1.59. The van der Waals surface area contributed by atoms with Crippen molar-refractivity contribution in [3.63, 3.8) is 0 Å². The molecule has 2 heterocycles. The summed E-state index contributed by atoms with van der Waals surface area (Å²) in [5, 5.41) is -0.146. The number of anilines is 1. The minimum Gasteiger partial charge on any atom is -0.355 e. The van der Waals surface area contributed by atoms with Gasteiger partial charge in [-0.2, -0.15) is 0 Å². The molecule has 2 aromatic rings. The van der Waals surface area contributed by atoms with Crippen LogP contribution in [0.2, 0.25) is 0 Å². The van der Waals surface area contributed by atoms with Gasteiger partial charge in [0, 0.05) is 19.1 Å². The monoisotopic (exact) mass is 332 g/mol. The van der Waals surface area contributed by atoms with E-state index in [1.54, 1.807) is 6.20 Å². The molecule has 1 saturated heterocycles. The molecule has 23 heavy (non-hydrogen) atoms. The number of hydrogen-bond donors (Lipinski definition) is 1. The van der Waals surface area contributed by atoms with Crippen LogP contribution in [0.1, 0.15) is 25.7 Å². The quantitative estimate of drug-likeness (QED) is 0.922. The molecule has 0 atom stereocenters. The number of nitrogens with one attached hydrogen (secondary N) is 1. The van der Waals surface area contributed by atoms with E-state index in [9.17, 15) is 8.42 Å². The van der Waals surface area contributed by atoms with Gasteiger partial charge in [0.2, 0.25) is 10.0 Å². The van der Waals surface area contributed by atoms with Crippen molar-refractivity contribution in [1.82, 2.24) is 14.7 Å². The number of sulfonamides is 1. The average molecular weight is 332 g/mol. The molecule has 2 aliphatic rings. The lowest BCUT2D eigenvalue weighted by Gasteiger charge is -2.32. The highest BCUT2D eigenvalue weighted by atomic mass is 32.2. The Kier molecular flexibility index (Phi) is 3.69. The number of para-hydroxylation sites is 2. The van der Waals surface area contributed by atoms with Crippen molar-refractivity contribution in [1.29, 1.82) is 0 Å². The lowest BCUT2D eigenvalue weighted by molar-refractivity contribution is 0.458. The lowest BCUT2D eigenvalue weighted by Crippen LogP contribution is -2.45. The molecular weight excluding hydrogens is 312 g/mol. The van der Waals surface area contributed by atoms with E-state index in [2.05, 4.69) is 19.6 Å². The predicted octanol–water partition coefficient (Wildman–Crippen LogP) is 1.68. The first-order valence-corrected chi connectivity index (χ1v) is 9.64. The van der Waals surface area contributed by atoms with Gasteiger partial charge in [-0.3, -0.25) is 4.98 Å². The van der Waals surface area contributed by atoms with Crippen molar-refractivity contribution in [2.24, 2.45) is 0 Å². The normalized spacial score (nSPS) is 20.1. The van der Waals surface area contributed by atoms with E-state index in [0.29, 0.717) is 0 Å². The fourth-order valence-electron chi connectivity index (χ4n) is 3.03. The van der Waals surface area contributed by atoms with Crippen molar-refractivity contribution in [3.8, 4) is 0 Å². The zero-order valence-corrected chi connectivity index (χ0v) is 13.7. The third-order valence-electron chi connectivity index (χ3n) is 4.55. The molecule has 1 saturated carbocycles. The SMILES string of the molecule is O=S(=O)(NC1CCN(c2cnc3ccccc3n2)CC1)C1CC1. The molecule has 0 radical (unpaired) electrons.